The average Bonchev–Trinajstić information content (AvgIpc) is 2.55. The zero-order valence-electron chi connectivity index (χ0n) is 13.3. The van der Waals surface area contributed by atoms with E-state index in [0.717, 1.165) is 24.8 Å². The van der Waals surface area contributed by atoms with Crippen molar-refractivity contribution in [3.05, 3.63) is 66.4 Å². The van der Waals surface area contributed by atoms with Crippen LogP contribution >= 0.6 is 0 Å². The molecule has 0 heterocycles. The molecule has 118 valence electrons. The average molecular weight is 298 g/mol. The number of esters is 1. The lowest BCUT2D eigenvalue weighted by molar-refractivity contribution is -0.138. The molecule has 0 N–H and O–H groups in total. The lowest BCUT2D eigenvalue weighted by Gasteiger charge is -2.00. The SMILES string of the molecule is C=CCCCCCCCC=C=CC(=O)OCc1ccccc1. The topological polar surface area (TPSA) is 26.3 Å². The summed E-state index contributed by atoms with van der Waals surface area (Å²) in [4.78, 5) is 11.5. The molecule has 0 amide bonds. The fourth-order valence-electron chi connectivity index (χ4n) is 2.05. The lowest BCUT2D eigenvalue weighted by Crippen LogP contribution is -1.99. The molecule has 0 spiro atoms. The van der Waals surface area contributed by atoms with Gasteiger partial charge in [-0.1, -0.05) is 55.7 Å². The summed E-state index contributed by atoms with van der Waals surface area (Å²) in [5.41, 5.74) is 3.89. The molecule has 0 unspecified atom stereocenters. The molecule has 0 aliphatic heterocycles. The number of allylic oxidation sites excluding steroid dienone is 1. The number of hydrogen-bond donors (Lipinski definition) is 0. The molecule has 0 aliphatic carbocycles. The van der Waals surface area contributed by atoms with E-state index in [1.54, 1.807) is 0 Å². The van der Waals surface area contributed by atoms with Crippen molar-refractivity contribution in [1.82, 2.24) is 0 Å². The quantitative estimate of drug-likeness (QED) is 0.181. The standard InChI is InChI=1S/C20H26O2/c1-2-3-4-5-6-7-8-9-10-14-17-20(21)22-18-19-15-12-11-13-16-19/h2,10-13,15-17H,1,3-9,18H2. The van der Waals surface area contributed by atoms with E-state index >= 15 is 0 Å². The van der Waals surface area contributed by atoms with Crippen molar-refractivity contribution in [2.75, 3.05) is 0 Å². The molecule has 0 aromatic heterocycles. The molecule has 0 atom stereocenters. The highest BCUT2D eigenvalue weighted by Gasteiger charge is 1.96. The molecule has 0 saturated heterocycles. The maximum absolute atomic E-state index is 11.5. The summed E-state index contributed by atoms with van der Waals surface area (Å²) in [6, 6.07) is 9.66. The first kappa shape index (κ1) is 18.0. The van der Waals surface area contributed by atoms with Crippen LogP contribution in [0.25, 0.3) is 0 Å². The van der Waals surface area contributed by atoms with Gasteiger partial charge in [0.15, 0.2) is 0 Å². The molecule has 1 rings (SSSR count). The number of rotatable bonds is 11. The van der Waals surface area contributed by atoms with Crippen LogP contribution in [0.4, 0.5) is 0 Å². The van der Waals surface area contributed by atoms with Crippen LogP contribution in [0.15, 0.2) is 60.9 Å². The zero-order valence-corrected chi connectivity index (χ0v) is 13.3. The third-order valence-electron chi connectivity index (χ3n) is 3.30. The first-order valence-electron chi connectivity index (χ1n) is 8.05. The molecule has 0 saturated carbocycles. The van der Waals surface area contributed by atoms with Crippen molar-refractivity contribution in [3.8, 4) is 0 Å². The summed E-state index contributed by atoms with van der Waals surface area (Å²) in [6.07, 6.45) is 13.5. The van der Waals surface area contributed by atoms with E-state index in [4.69, 9.17) is 4.74 Å². The van der Waals surface area contributed by atoms with Crippen molar-refractivity contribution in [2.45, 2.75) is 51.6 Å². The van der Waals surface area contributed by atoms with Crippen LogP contribution in [0.1, 0.15) is 50.5 Å². The molecule has 0 aliphatic rings. The van der Waals surface area contributed by atoms with Crippen LogP contribution < -0.4 is 0 Å². The summed E-state index contributed by atoms with van der Waals surface area (Å²) in [5.74, 6) is -0.343. The van der Waals surface area contributed by atoms with Crippen LogP contribution in [0, 0.1) is 0 Å². The van der Waals surface area contributed by atoms with Gasteiger partial charge in [-0.25, -0.2) is 4.79 Å². The molecule has 2 nitrogen and oxygen atoms in total. The third-order valence-corrected chi connectivity index (χ3v) is 3.30. The van der Waals surface area contributed by atoms with Crippen LogP contribution in [-0.4, -0.2) is 5.97 Å². The Kier molecular flexibility index (Phi) is 10.4. The summed E-state index contributed by atoms with van der Waals surface area (Å²) in [7, 11) is 0. The first-order chi connectivity index (χ1) is 10.8. The predicted octanol–water partition coefficient (Wildman–Crippen LogP) is 5.36. The van der Waals surface area contributed by atoms with Gasteiger partial charge in [0.05, 0.1) is 6.08 Å². The van der Waals surface area contributed by atoms with Crippen molar-refractivity contribution < 1.29 is 9.53 Å². The fraction of sp³-hybridized carbons (Fsp3) is 0.400. The number of unbranched alkanes of at least 4 members (excludes halogenated alkanes) is 6. The maximum Gasteiger partial charge on any atom is 0.338 e. The molecular formula is C20H26O2. The number of ether oxygens (including phenoxy) is 1. The Morgan fingerprint density at radius 1 is 1.05 bits per heavy atom. The van der Waals surface area contributed by atoms with Gasteiger partial charge in [0, 0.05) is 0 Å². The van der Waals surface area contributed by atoms with E-state index in [9.17, 15) is 4.79 Å². The van der Waals surface area contributed by atoms with Gasteiger partial charge in [-0.3, -0.25) is 0 Å². The number of carbonyl (C=O) groups is 1. The van der Waals surface area contributed by atoms with E-state index in [-0.39, 0.29) is 5.97 Å². The van der Waals surface area contributed by atoms with Gasteiger partial charge in [0.25, 0.3) is 0 Å². The van der Waals surface area contributed by atoms with Crippen molar-refractivity contribution in [2.24, 2.45) is 0 Å². The number of hydrogen-bond acceptors (Lipinski definition) is 2. The van der Waals surface area contributed by atoms with Gasteiger partial charge >= 0.3 is 5.97 Å². The van der Waals surface area contributed by atoms with Crippen LogP contribution in [0.2, 0.25) is 0 Å². The predicted molar refractivity (Wildman–Crippen MR) is 91.4 cm³/mol. The van der Waals surface area contributed by atoms with Crippen molar-refractivity contribution in [1.29, 1.82) is 0 Å². The van der Waals surface area contributed by atoms with E-state index in [0.29, 0.717) is 6.61 Å². The normalized spacial score (nSPS) is 9.64. The monoisotopic (exact) mass is 298 g/mol. The lowest BCUT2D eigenvalue weighted by atomic mass is 10.1. The summed E-state index contributed by atoms with van der Waals surface area (Å²) in [6.45, 7) is 4.03. The zero-order chi connectivity index (χ0) is 15.9. The molecule has 0 radical (unpaired) electrons. The minimum absolute atomic E-state index is 0.308. The second kappa shape index (κ2) is 12.7. The van der Waals surface area contributed by atoms with Crippen LogP contribution in [0.5, 0.6) is 0 Å². The summed E-state index contributed by atoms with van der Waals surface area (Å²) < 4.78 is 5.13. The number of benzene rings is 1. The Hall–Kier alpha value is -2.05. The van der Waals surface area contributed by atoms with Crippen LogP contribution in [-0.2, 0) is 16.1 Å². The maximum atomic E-state index is 11.5. The van der Waals surface area contributed by atoms with E-state index < -0.39 is 0 Å². The van der Waals surface area contributed by atoms with Gasteiger partial charge in [0.2, 0.25) is 0 Å². The minimum atomic E-state index is -0.343. The highest BCUT2D eigenvalue weighted by atomic mass is 16.5. The number of carbonyl (C=O) groups excluding carboxylic acids is 1. The van der Waals surface area contributed by atoms with Gasteiger partial charge < -0.3 is 4.74 Å². The Morgan fingerprint density at radius 2 is 1.73 bits per heavy atom. The second-order valence-corrected chi connectivity index (χ2v) is 5.24. The Balaban J connectivity index is 2.05. The molecule has 1 aromatic rings. The Labute approximate surface area is 134 Å². The molecule has 2 heteroatoms. The molecule has 1 aromatic carbocycles. The largest absolute Gasteiger partial charge is 0.457 e. The summed E-state index contributed by atoms with van der Waals surface area (Å²) >= 11 is 0. The van der Waals surface area contributed by atoms with Gasteiger partial charge in [-0.2, -0.15) is 0 Å². The Morgan fingerprint density at radius 3 is 2.45 bits per heavy atom. The third kappa shape index (κ3) is 9.79. The van der Waals surface area contributed by atoms with E-state index in [2.05, 4.69) is 12.3 Å². The highest BCUT2D eigenvalue weighted by Crippen LogP contribution is 2.07. The second-order valence-electron chi connectivity index (χ2n) is 5.24. The van der Waals surface area contributed by atoms with Gasteiger partial charge in [-0.15, -0.1) is 12.3 Å². The van der Waals surface area contributed by atoms with E-state index in [1.165, 1.54) is 31.8 Å². The van der Waals surface area contributed by atoms with Crippen molar-refractivity contribution >= 4 is 5.97 Å². The van der Waals surface area contributed by atoms with Gasteiger partial charge in [0.1, 0.15) is 6.61 Å². The van der Waals surface area contributed by atoms with Crippen molar-refractivity contribution in [3.63, 3.8) is 0 Å². The molecule has 0 fully saturated rings. The molecule has 0 bridgehead atoms. The first-order valence-corrected chi connectivity index (χ1v) is 8.05. The van der Waals surface area contributed by atoms with Crippen LogP contribution in [0.3, 0.4) is 0 Å². The molecular weight excluding hydrogens is 272 g/mol. The summed E-state index contributed by atoms with van der Waals surface area (Å²) in [5, 5.41) is 0. The van der Waals surface area contributed by atoms with E-state index in [1.807, 2.05) is 42.5 Å². The highest BCUT2D eigenvalue weighted by molar-refractivity contribution is 5.81. The van der Waals surface area contributed by atoms with Gasteiger partial charge in [-0.05, 0) is 37.3 Å². The minimum Gasteiger partial charge on any atom is -0.457 e. The fourth-order valence-corrected chi connectivity index (χ4v) is 2.05. The smallest absolute Gasteiger partial charge is 0.338 e. The molecule has 22 heavy (non-hydrogen) atoms. The Bertz CT molecular complexity index is 482.